The zero-order chi connectivity index (χ0) is 12.1. The number of carboxylic acids is 1. The van der Waals surface area contributed by atoms with Crippen molar-refractivity contribution in [2.75, 3.05) is 12.8 Å². The van der Waals surface area contributed by atoms with Gasteiger partial charge in [-0.1, -0.05) is 12.0 Å². The number of hydrogen-bond donors (Lipinski definition) is 2. The standard InChI is InChI=1S/C11H9NO4/c1-16-9(13)6-5-7-3-2-4-8(12)10(7)11(14)15/h2-4H,12H2,1H3,(H,14,15). The highest BCUT2D eigenvalue weighted by molar-refractivity contribution is 5.97. The first-order valence-corrected chi connectivity index (χ1v) is 4.28. The van der Waals surface area contributed by atoms with Crippen molar-refractivity contribution in [3.05, 3.63) is 29.3 Å². The Bertz CT molecular complexity index is 496. The monoisotopic (exact) mass is 219 g/mol. The third-order valence-corrected chi connectivity index (χ3v) is 1.80. The van der Waals surface area contributed by atoms with Gasteiger partial charge in [0.2, 0.25) is 0 Å². The first-order valence-electron chi connectivity index (χ1n) is 4.28. The fourth-order valence-corrected chi connectivity index (χ4v) is 1.08. The minimum absolute atomic E-state index is 0.101. The highest BCUT2D eigenvalue weighted by Gasteiger charge is 2.11. The van der Waals surface area contributed by atoms with E-state index in [4.69, 9.17) is 10.8 Å². The molecule has 0 aromatic heterocycles. The lowest BCUT2D eigenvalue weighted by atomic mass is 10.1. The molecule has 0 saturated heterocycles. The van der Waals surface area contributed by atoms with E-state index in [9.17, 15) is 9.59 Å². The molecule has 0 atom stereocenters. The molecule has 1 aromatic carbocycles. The van der Waals surface area contributed by atoms with Crippen LogP contribution >= 0.6 is 0 Å². The molecule has 16 heavy (non-hydrogen) atoms. The summed E-state index contributed by atoms with van der Waals surface area (Å²) >= 11 is 0. The summed E-state index contributed by atoms with van der Waals surface area (Å²) in [6.07, 6.45) is 0. The maximum atomic E-state index is 10.9. The van der Waals surface area contributed by atoms with E-state index in [0.29, 0.717) is 0 Å². The van der Waals surface area contributed by atoms with Gasteiger partial charge in [-0.3, -0.25) is 0 Å². The van der Waals surface area contributed by atoms with Gasteiger partial charge in [-0.15, -0.1) is 0 Å². The molecule has 82 valence electrons. The van der Waals surface area contributed by atoms with E-state index in [0.717, 1.165) is 0 Å². The van der Waals surface area contributed by atoms with Crippen molar-refractivity contribution in [3.8, 4) is 11.8 Å². The summed E-state index contributed by atoms with van der Waals surface area (Å²) in [5.74, 6) is 2.62. The summed E-state index contributed by atoms with van der Waals surface area (Å²) in [7, 11) is 1.19. The van der Waals surface area contributed by atoms with Gasteiger partial charge in [0.1, 0.15) is 0 Å². The lowest BCUT2D eigenvalue weighted by Gasteiger charge is -2.02. The molecule has 0 radical (unpaired) electrons. The topological polar surface area (TPSA) is 89.6 Å². The van der Waals surface area contributed by atoms with E-state index in [1.807, 2.05) is 0 Å². The second-order valence-electron chi connectivity index (χ2n) is 2.82. The third kappa shape index (κ3) is 2.51. The summed E-state index contributed by atoms with van der Waals surface area (Å²) in [5, 5.41) is 8.90. The van der Waals surface area contributed by atoms with Crippen molar-refractivity contribution in [1.29, 1.82) is 0 Å². The molecule has 0 unspecified atom stereocenters. The number of nitrogens with two attached hydrogens (primary N) is 1. The van der Waals surface area contributed by atoms with Crippen LogP contribution in [0.2, 0.25) is 0 Å². The van der Waals surface area contributed by atoms with Crippen LogP contribution in [0.25, 0.3) is 0 Å². The average Bonchev–Trinajstić information content (AvgIpc) is 2.25. The van der Waals surface area contributed by atoms with Crippen molar-refractivity contribution >= 4 is 17.6 Å². The molecule has 0 aliphatic carbocycles. The molecule has 0 heterocycles. The molecule has 1 aromatic rings. The highest BCUT2D eigenvalue weighted by Crippen LogP contribution is 2.15. The van der Waals surface area contributed by atoms with Gasteiger partial charge in [0, 0.05) is 17.2 Å². The van der Waals surface area contributed by atoms with E-state index in [-0.39, 0.29) is 16.8 Å². The molecule has 5 nitrogen and oxygen atoms in total. The number of hydrogen-bond acceptors (Lipinski definition) is 4. The van der Waals surface area contributed by atoms with E-state index in [1.165, 1.54) is 19.2 Å². The Hall–Kier alpha value is -2.48. The number of rotatable bonds is 1. The van der Waals surface area contributed by atoms with Crippen LogP contribution in [0.5, 0.6) is 0 Å². The predicted molar refractivity (Wildman–Crippen MR) is 56.7 cm³/mol. The van der Waals surface area contributed by atoms with E-state index in [1.54, 1.807) is 6.07 Å². The molecule has 5 heteroatoms. The fraction of sp³-hybridized carbons (Fsp3) is 0.0909. The average molecular weight is 219 g/mol. The van der Waals surface area contributed by atoms with Crippen molar-refractivity contribution in [2.45, 2.75) is 0 Å². The number of ether oxygens (including phenoxy) is 1. The molecule has 0 fully saturated rings. The van der Waals surface area contributed by atoms with Crippen molar-refractivity contribution in [3.63, 3.8) is 0 Å². The van der Waals surface area contributed by atoms with Crippen LogP contribution in [-0.4, -0.2) is 24.2 Å². The van der Waals surface area contributed by atoms with Gasteiger partial charge < -0.3 is 15.6 Å². The normalized spacial score (nSPS) is 8.81. The summed E-state index contributed by atoms with van der Waals surface area (Å²) in [4.78, 5) is 21.7. The Morgan fingerprint density at radius 2 is 2.12 bits per heavy atom. The van der Waals surface area contributed by atoms with Crippen LogP contribution in [-0.2, 0) is 9.53 Å². The quantitative estimate of drug-likeness (QED) is 0.407. The minimum atomic E-state index is -1.19. The fourth-order valence-electron chi connectivity index (χ4n) is 1.08. The maximum Gasteiger partial charge on any atom is 0.384 e. The van der Waals surface area contributed by atoms with Gasteiger partial charge in [-0.2, -0.15) is 0 Å². The van der Waals surface area contributed by atoms with Gasteiger partial charge in [0.15, 0.2) is 0 Å². The highest BCUT2D eigenvalue weighted by atomic mass is 16.5. The lowest BCUT2D eigenvalue weighted by Crippen LogP contribution is -2.05. The molecule has 0 bridgehead atoms. The third-order valence-electron chi connectivity index (χ3n) is 1.80. The first kappa shape index (κ1) is 11.6. The summed E-state index contributed by atoms with van der Waals surface area (Å²) in [5.41, 5.74) is 5.66. The number of benzene rings is 1. The molecular formula is C11H9NO4. The van der Waals surface area contributed by atoms with Crippen LogP contribution in [0, 0.1) is 11.8 Å². The molecule has 0 aliphatic heterocycles. The number of anilines is 1. The Kier molecular flexibility index (Phi) is 3.51. The first-order chi connectivity index (χ1) is 7.56. The molecule has 0 aliphatic rings. The number of methoxy groups -OCH3 is 1. The van der Waals surface area contributed by atoms with Gasteiger partial charge in [-0.25, -0.2) is 9.59 Å². The Labute approximate surface area is 91.8 Å². The molecule has 0 amide bonds. The molecule has 0 spiro atoms. The number of esters is 1. The van der Waals surface area contributed by atoms with E-state index >= 15 is 0 Å². The Morgan fingerprint density at radius 3 is 2.69 bits per heavy atom. The van der Waals surface area contributed by atoms with Gasteiger partial charge in [0.05, 0.1) is 12.7 Å². The number of nitrogen functional groups attached to an aromatic ring is 1. The van der Waals surface area contributed by atoms with Crippen LogP contribution in [0.1, 0.15) is 15.9 Å². The van der Waals surface area contributed by atoms with Crippen molar-refractivity contribution in [1.82, 2.24) is 0 Å². The zero-order valence-corrected chi connectivity index (χ0v) is 8.48. The second-order valence-corrected chi connectivity index (χ2v) is 2.82. The summed E-state index contributed by atoms with van der Waals surface area (Å²) in [6, 6.07) is 4.48. The van der Waals surface area contributed by atoms with Crippen LogP contribution in [0.15, 0.2) is 18.2 Å². The van der Waals surface area contributed by atoms with E-state index in [2.05, 4.69) is 16.6 Å². The van der Waals surface area contributed by atoms with Crippen LogP contribution in [0.4, 0.5) is 5.69 Å². The number of carbonyl (C=O) groups is 2. The maximum absolute atomic E-state index is 10.9. The van der Waals surface area contributed by atoms with Gasteiger partial charge in [0.25, 0.3) is 0 Å². The van der Waals surface area contributed by atoms with E-state index < -0.39 is 11.9 Å². The second kappa shape index (κ2) is 4.84. The largest absolute Gasteiger partial charge is 0.478 e. The minimum Gasteiger partial charge on any atom is -0.478 e. The lowest BCUT2D eigenvalue weighted by molar-refractivity contribution is -0.133. The zero-order valence-electron chi connectivity index (χ0n) is 8.48. The van der Waals surface area contributed by atoms with Crippen molar-refractivity contribution in [2.24, 2.45) is 0 Å². The van der Waals surface area contributed by atoms with Gasteiger partial charge in [-0.05, 0) is 12.1 Å². The summed E-state index contributed by atoms with van der Waals surface area (Å²) < 4.78 is 4.31. The predicted octanol–water partition coefficient (Wildman–Crippen LogP) is 0.492. The Balaban J connectivity index is 3.22. The van der Waals surface area contributed by atoms with Crippen LogP contribution < -0.4 is 5.73 Å². The smallest absolute Gasteiger partial charge is 0.384 e. The van der Waals surface area contributed by atoms with Gasteiger partial charge >= 0.3 is 11.9 Å². The molecule has 3 N–H and O–H groups in total. The molecule has 0 saturated carbocycles. The van der Waals surface area contributed by atoms with Crippen LogP contribution in [0.3, 0.4) is 0 Å². The molecule has 1 rings (SSSR count). The van der Waals surface area contributed by atoms with Crippen molar-refractivity contribution < 1.29 is 19.4 Å². The Morgan fingerprint density at radius 1 is 1.44 bits per heavy atom. The summed E-state index contributed by atoms with van der Waals surface area (Å²) in [6.45, 7) is 0. The SMILES string of the molecule is COC(=O)C#Cc1cccc(N)c1C(=O)O. The number of aromatic carboxylic acids is 1. The number of carboxylic acid groups (broad SMARTS) is 1. The molecular weight excluding hydrogens is 210 g/mol. The number of carbonyl (C=O) groups excluding carboxylic acids is 1.